The van der Waals surface area contributed by atoms with Gasteiger partial charge in [-0.2, -0.15) is 4.31 Å². The number of nitrogens with two attached hydrogens (primary N) is 1. The van der Waals surface area contributed by atoms with Gasteiger partial charge < -0.3 is 5.73 Å². The Morgan fingerprint density at radius 1 is 1.30 bits per heavy atom. The van der Waals surface area contributed by atoms with E-state index in [2.05, 4.69) is 0 Å². The van der Waals surface area contributed by atoms with Gasteiger partial charge in [-0.1, -0.05) is 18.9 Å². The van der Waals surface area contributed by atoms with Crippen LogP contribution in [0.3, 0.4) is 0 Å². The number of rotatable bonds is 6. The second-order valence-electron chi connectivity index (χ2n) is 5.45. The van der Waals surface area contributed by atoms with Crippen LogP contribution in [0, 0.1) is 5.82 Å². The maximum absolute atomic E-state index is 13.9. The lowest BCUT2D eigenvalue weighted by atomic mass is 10.2. The van der Waals surface area contributed by atoms with Crippen LogP contribution in [0.15, 0.2) is 23.1 Å². The first-order valence-electron chi connectivity index (χ1n) is 7.11. The van der Waals surface area contributed by atoms with Crippen LogP contribution < -0.4 is 5.73 Å². The van der Waals surface area contributed by atoms with Gasteiger partial charge in [-0.15, -0.1) is 0 Å². The van der Waals surface area contributed by atoms with Crippen molar-refractivity contribution < 1.29 is 26.4 Å². The Bertz CT molecular complexity index is 689. The second-order valence-corrected chi connectivity index (χ2v) is 7.30. The van der Waals surface area contributed by atoms with Crippen molar-refractivity contribution in [1.82, 2.24) is 4.31 Å². The zero-order valence-electron chi connectivity index (χ0n) is 12.2. The lowest BCUT2D eigenvalue weighted by molar-refractivity contribution is -0.118. The van der Waals surface area contributed by atoms with Crippen molar-refractivity contribution in [3.8, 4) is 0 Å². The summed E-state index contributed by atoms with van der Waals surface area (Å²) in [6, 6.07) is 1.64. The van der Waals surface area contributed by atoms with Gasteiger partial charge in [-0.3, -0.25) is 4.79 Å². The van der Waals surface area contributed by atoms with E-state index >= 15 is 0 Å². The van der Waals surface area contributed by atoms with Crippen LogP contribution in [0.5, 0.6) is 0 Å². The van der Waals surface area contributed by atoms with Gasteiger partial charge >= 0.3 is 0 Å². The molecule has 9 heteroatoms. The molecule has 1 fully saturated rings. The minimum Gasteiger partial charge on any atom is -0.369 e. The summed E-state index contributed by atoms with van der Waals surface area (Å²) in [5.74, 6) is -2.02. The summed E-state index contributed by atoms with van der Waals surface area (Å²) in [5, 5.41) is 0. The fourth-order valence-electron chi connectivity index (χ4n) is 2.74. The van der Waals surface area contributed by atoms with Gasteiger partial charge in [0.15, 0.2) is 0 Å². The van der Waals surface area contributed by atoms with Crippen molar-refractivity contribution in [2.75, 3.05) is 6.54 Å². The van der Waals surface area contributed by atoms with E-state index in [0.29, 0.717) is 25.0 Å². The molecule has 0 unspecified atom stereocenters. The molecule has 0 aliphatic heterocycles. The van der Waals surface area contributed by atoms with Gasteiger partial charge in [0.2, 0.25) is 15.9 Å². The van der Waals surface area contributed by atoms with Crippen molar-refractivity contribution in [3.05, 3.63) is 29.6 Å². The van der Waals surface area contributed by atoms with Gasteiger partial charge in [0.25, 0.3) is 6.43 Å². The Morgan fingerprint density at radius 3 is 2.43 bits per heavy atom. The first kappa shape index (κ1) is 17.7. The normalized spacial score (nSPS) is 16.4. The molecule has 5 nitrogen and oxygen atoms in total. The van der Waals surface area contributed by atoms with E-state index in [9.17, 15) is 26.4 Å². The molecule has 1 amide bonds. The summed E-state index contributed by atoms with van der Waals surface area (Å²) in [5.41, 5.74) is 4.49. The Morgan fingerprint density at radius 2 is 1.91 bits per heavy atom. The minimum atomic E-state index is -4.44. The summed E-state index contributed by atoms with van der Waals surface area (Å²) < 4.78 is 65.7. The molecular formula is C14H17F3N2O3S. The van der Waals surface area contributed by atoms with Crippen LogP contribution in [-0.2, 0) is 14.8 Å². The number of halogens is 3. The van der Waals surface area contributed by atoms with Crippen LogP contribution in [0.2, 0.25) is 0 Å². The third-order valence-electron chi connectivity index (χ3n) is 3.84. The highest BCUT2D eigenvalue weighted by atomic mass is 32.2. The number of primary amides is 1. The Kier molecular flexibility index (Phi) is 5.30. The molecule has 0 spiro atoms. The summed E-state index contributed by atoms with van der Waals surface area (Å²) in [6.07, 6.45) is -0.351. The molecule has 2 rings (SSSR count). The number of hydrogen-bond acceptors (Lipinski definition) is 3. The van der Waals surface area contributed by atoms with Gasteiger partial charge in [-0.05, 0) is 25.0 Å². The number of hydrogen-bond donors (Lipinski definition) is 1. The largest absolute Gasteiger partial charge is 0.369 e. The van der Waals surface area contributed by atoms with Crippen molar-refractivity contribution in [3.63, 3.8) is 0 Å². The van der Waals surface area contributed by atoms with Gasteiger partial charge in [0, 0.05) is 11.6 Å². The first-order valence-corrected chi connectivity index (χ1v) is 8.55. The maximum Gasteiger partial charge on any atom is 0.263 e. The van der Waals surface area contributed by atoms with E-state index in [-0.39, 0.29) is 0 Å². The molecule has 1 aromatic carbocycles. The average molecular weight is 350 g/mol. The highest BCUT2D eigenvalue weighted by molar-refractivity contribution is 7.89. The molecule has 0 aromatic heterocycles. The van der Waals surface area contributed by atoms with Crippen LogP contribution in [0.4, 0.5) is 13.2 Å². The smallest absolute Gasteiger partial charge is 0.263 e. The molecule has 1 aromatic rings. The number of amides is 1. The first-order chi connectivity index (χ1) is 10.7. The SMILES string of the molecule is NC(=O)CN(C1CCCC1)S(=O)(=O)c1cc(C(F)F)ccc1F. The molecule has 0 radical (unpaired) electrons. The topological polar surface area (TPSA) is 80.5 Å². The summed E-state index contributed by atoms with van der Waals surface area (Å²) in [6.45, 7) is -0.606. The van der Waals surface area contributed by atoms with Gasteiger partial charge in [0.1, 0.15) is 10.7 Å². The third-order valence-corrected chi connectivity index (χ3v) is 5.75. The van der Waals surface area contributed by atoms with E-state index in [1.807, 2.05) is 0 Å². The lowest BCUT2D eigenvalue weighted by Gasteiger charge is -2.27. The van der Waals surface area contributed by atoms with E-state index in [1.165, 1.54) is 0 Å². The Labute approximate surface area is 132 Å². The van der Waals surface area contributed by atoms with Crippen LogP contribution in [-0.4, -0.2) is 31.2 Å². The third kappa shape index (κ3) is 3.84. The Hall–Kier alpha value is -1.61. The fourth-order valence-corrected chi connectivity index (χ4v) is 4.49. The monoisotopic (exact) mass is 350 g/mol. The van der Waals surface area contributed by atoms with E-state index in [4.69, 9.17) is 5.73 Å². The van der Waals surface area contributed by atoms with Gasteiger partial charge in [0.05, 0.1) is 6.54 Å². The Balaban J connectivity index is 2.48. The van der Waals surface area contributed by atoms with E-state index < -0.39 is 51.2 Å². The molecule has 2 N–H and O–H groups in total. The molecule has 1 saturated carbocycles. The van der Waals surface area contributed by atoms with Crippen LogP contribution in [0.25, 0.3) is 0 Å². The summed E-state index contributed by atoms with van der Waals surface area (Å²) in [7, 11) is -4.44. The van der Waals surface area contributed by atoms with Crippen molar-refractivity contribution in [2.45, 2.75) is 43.0 Å². The molecule has 0 bridgehead atoms. The summed E-state index contributed by atoms with van der Waals surface area (Å²) in [4.78, 5) is 10.3. The molecule has 128 valence electrons. The van der Waals surface area contributed by atoms with E-state index in [0.717, 1.165) is 23.2 Å². The van der Waals surface area contributed by atoms with Gasteiger partial charge in [-0.25, -0.2) is 21.6 Å². The predicted octanol–water partition coefficient (Wildman–Crippen LogP) is 2.18. The van der Waals surface area contributed by atoms with Crippen LogP contribution >= 0.6 is 0 Å². The highest BCUT2D eigenvalue weighted by Crippen LogP contribution is 2.31. The molecule has 23 heavy (non-hydrogen) atoms. The highest BCUT2D eigenvalue weighted by Gasteiger charge is 2.36. The molecule has 0 heterocycles. The zero-order chi connectivity index (χ0) is 17.2. The number of carbonyl (C=O) groups is 1. The molecular weight excluding hydrogens is 333 g/mol. The fraction of sp³-hybridized carbons (Fsp3) is 0.500. The minimum absolute atomic E-state index is 0.484. The lowest BCUT2D eigenvalue weighted by Crippen LogP contribution is -2.44. The van der Waals surface area contributed by atoms with Crippen molar-refractivity contribution in [1.29, 1.82) is 0 Å². The molecule has 0 atom stereocenters. The average Bonchev–Trinajstić information content (AvgIpc) is 2.98. The number of alkyl halides is 2. The second kappa shape index (κ2) is 6.88. The molecule has 0 saturated heterocycles. The quantitative estimate of drug-likeness (QED) is 0.854. The molecule has 1 aliphatic rings. The predicted molar refractivity (Wildman–Crippen MR) is 76.7 cm³/mol. The molecule has 1 aliphatic carbocycles. The number of sulfonamides is 1. The number of benzene rings is 1. The van der Waals surface area contributed by atoms with Crippen LogP contribution in [0.1, 0.15) is 37.7 Å². The number of nitrogens with zero attached hydrogens (tertiary/aromatic N) is 1. The van der Waals surface area contributed by atoms with Crippen molar-refractivity contribution >= 4 is 15.9 Å². The standard InChI is InChI=1S/C14H17F3N2O3S/c15-11-6-5-9(14(16)17)7-12(11)23(21,22)19(8-13(18)20)10-3-1-2-4-10/h5-7,10,14H,1-4,8H2,(H2,18,20). The zero-order valence-corrected chi connectivity index (χ0v) is 13.0. The number of carbonyl (C=O) groups excluding carboxylic acids is 1. The van der Waals surface area contributed by atoms with Crippen molar-refractivity contribution in [2.24, 2.45) is 5.73 Å². The van der Waals surface area contributed by atoms with E-state index in [1.54, 1.807) is 0 Å². The summed E-state index contributed by atoms with van der Waals surface area (Å²) >= 11 is 0. The maximum atomic E-state index is 13.9.